The average molecular weight is 358 g/mol. The fraction of sp³-hybridized carbons (Fsp3) is 0.667. The molecule has 1 heterocycles. The number of hydrogen-bond donors (Lipinski definition) is 0. The Bertz CT molecular complexity index is 280. The Balaban J connectivity index is 3.34. The number of imidazole rings is 1. The van der Waals surface area contributed by atoms with E-state index < -0.39 is 0 Å². The Morgan fingerprint density at radius 3 is 2.38 bits per heavy atom. The van der Waals surface area contributed by atoms with Gasteiger partial charge < -0.3 is 0 Å². The van der Waals surface area contributed by atoms with Gasteiger partial charge in [-0.15, -0.1) is 0 Å². The molecule has 4 heteroatoms. The van der Waals surface area contributed by atoms with Crippen molar-refractivity contribution in [2.45, 2.75) is 40.8 Å². The molecular weight excluding hydrogens is 342 g/mol. The van der Waals surface area contributed by atoms with Gasteiger partial charge in [-0.3, -0.25) is 0 Å². The summed E-state index contributed by atoms with van der Waals surface area (Å²) in [5.74, 6) is 0. The summed E-state index contributed by atoms with van der Waals surface area (Å²) < 4.78 is 6.38. The second kappa shape index (κ2) is 4.80. The molecule has 0 unspecified atom stereocenters. The third-order valence-electron chi connectivity index (χ3n) is 2.50. The zero-order chi connectivity index (χ0) is 10.0. The molecule has 0 N–H and O–H groups in total. The standard InChI is InChI=1S/C9H16IN2Se/c1-5-11-7(3)8(4)12(6-2)9(11)13-10/h5-6H2,1-4H3/q+1. The monoisotopic (exact) mass is 359 g/mol. The third kappa shape index (κ3) is 1.95. The van der Waals surface area contributed by atoms with Gasteiger partial charge in [0.25, 0.3) is 0 Å². The van der Waals surface area contributed by atoms with E-state index in [0.717, 1.165) is 13.1 Å². The minimum absolute atomic E-state index is 0.558. The third-order valence-corrected chi connectivity index (χ3v) is 5.76. The Morgan fingerprint density at radius 1 is 1.38 bits per heavy atom. The van der Waals surface area contributed by atoms with E-state index in [0.29, 0.717) is 11.7 Å². The molecule has 0 atom stereocenters. The SMILES string of the molecule is CCn1c(C)c(C)[n+](CC)c1[Se]I. The molecule has 1 aromatic rings. The molecular formula is C9H16IN2Se+. The zero-order valence-corrected chi connectivity index (χ0v) is 12.5. The van der Waals surface area contributed by atoms with E-state index in [-0.39, 0.29) is 0 Å². The van der Waals surface area contributed by atoms with Gasteiger partial charge in [0.05, 0.1) is 0 Å². The van der Waals surface area contributed by atoms with Gasteiger partial charge in [0.15, 0.2) is 0 Å². The van der Waals surface area contributed by atoms with Crippen molar-refractivity contribution >= 4 is 36.8 Å². The summed E-state index contributed by atoms with van der Waals surface area (Å²) in [5, 5.41) is 0. The van der Waals surface area contributed by atoms with Crippen molar-refractivity contribution in [2.75, 3.05) is 0 Å². The van der Waals surface area contributed by atoms with Gasteiger partial charge in [0.1, 0.15) is 0 Å². The van der Waals surface area contributed by atoms with Gasteiger partial charge in [-0.05, 0) is 0 Å². The molecule has 0 saturated heterocycles. The first kappa shape index (κ1) is 11.5. The van der Waals surface area contributed by atoms with E-state index in [2.05, 4.69) is 57.2 Å². The molecule has 1 rings (SSSR count). The summed E-state index contributed by atoms with van der Waals surface area (Å²) in [7, 11) is 0. The maximum atomic E-state index is 2.50. The van der Waals surface area contributed by atoms with Crippen molar-refractivity contribution in [3.8, 4) is 0 Å². The van der Waals surface area contributed by atoms with Crippen molar-refractivity contribution in [3.05, 3.63) is 11.4 Å². The van der Waals surface area contributed by atoms with Gasteiger partial charge >= 0.3 is 98.1 Å². The first-order valence-electron chi connectivity index (χ1n) is 4.55. The molecule has 0 bridgehead atoms. The van der Waals surface area contributed by atoms with Crippen LogP contribution in [0.2, 0.25) is 0 Å². The number of aromatic nitrogens is 2. The molecule has 0 aliphatic rings. The molecule has 0 spiro atoms. The van der Waals surface area contributed by atoms with Gasteiger partial charge in [-0.25, -0.2) is 0 Å². The van der Waals surface area contributed by atoms with E-state index in [1.54, 1.807) is 0 Å². The van der Waals surface area contributed by atoms with Crippen molar-refractivity contribution in [1.82, 2.24) is 4.57 Å². The van der Waals surface area contributed by atoms with E-state index in [1.165, 1.54) is 16.1 Å². The van der Waals surface area contributed by atoms with Crippen LogP contribution in [0.3, 0.4) is 0 Å². The van der Waals surface area contributed by atoms with Crippen LogP contribution >= 0.6 is 20.3 Å². The van der Waals surface area contributed by atoms with E-state index in [1.807, 2.05) is 0 Å². The summed E-state index contributed by atoms with van der Waals surface area (Å²) in [4.78, 5) is 0. The van der Waals surface area contributed by atoms with E-state index >= 15 is 0 Å². The maximum absolute atomic E-state index is 2.50. The van der Waals surface area contributed by atoms with Crippen LogP contribution in [0.1, 0.15) is 25.2 Å². The Kier molecular flexibility index (Phi) is 4.26. The number of nitrogens with zero attached hydrogens (tertiary/aromatic N) is 2. The minimum atomic E-state index is 0.558. The number of hydrogen-bond acceptors (Lipinski definition) is 0. The van der Waals surface area contributed by atoms with Crippen molar-refractivity contribution in [2.24, 2.45) is 0 Å². The van der Waals surface area contributed by atoms with Gasteiger partial charge in [0.2, 0.25) is 0 Å². The van der Waals surface area contributed by atoms with Crippen LogP contribution in [0, 0.1) is 13.8 Å². The average Bonchev–Trinajstić information content (AvgIpc) is 2.38. The van der Waals surface area contributed by atoms with Gasteiger partial charge in [-0.1, -0.05) is 0 Å². The zero-order valence-electron chi connectivity index (χ0n) is 8.59. The Hall–Kier alpha value is 0.459. The van der Waals surface area contributed by atoms with Crippen LogP contribution < -0.4 is 9.29 Å². The normalized spacial score (nSPS) is 10.8. The molecule has 13 heavy (non-hydrogen) atoms. The summed E-state index contributed by atoms with van der Waals surface area (Å²) in [6.45, 7) is 11.1. The van der Waals surface area contributed by atoms with Crippen LogP contribution in [0.4, 0.5) is 0 Å². The molecule has 1 aromatic heterocycles. The van der Waals surface area contributed by atoms with Crippen LogP contribution in [0.25, 0.3) is 0 Å². The van der Waals surface area contributed by atoms with Crippen LogP contribution in [0.15, 0.2) is 0 Å². The summed E-state index contributed by atoms with van der Waals surface area (Å²) in [6.07, 6.45) is 0. The van der Waals surface area contributed by atoms with Gasteiger partial charge in [0, 0.05) is 0 Å². The molecule has 0 aromatic carbocycles. The topological polar surface area (TPSA) is 8.81 Å². The van der Waals surface area contributed by atoms with Crippen LogP contribution in [-0.4, -0.2) is 16.3 Å². The second-order valence-electron chi connectivity index (χ2n) is 3.02. The molecule has 0 saturated carbocycles. The quantitative estimate of drug-likeness (QED) is 0.435. The van der Waals surface area contributed by atoms with Crippen molar-refractivity contribution in [1.29, 1.82) is 0 Å². The summed E-state index contributed by atoms with van der Waals surface area (Å²) in [6, 6.07) is 0. The molecule has 74 valence electrons. The Labute approximate surface area is 97.6 Å². The first-order chi connectivity index (χ1) is 6.17. The van der Waals surface area contributed by atoms with Gasteiger partial charge in [-0.2, -0.15) is 0 Å². The van der Waals surface area contributed by atoms with E-state index in [9.17, 15) is 0 Å². The van der Waals surface area contributed by atoms with Crippen LogP contribution in [-0.2, 0) is 13.1 Å². The fourth-order valence-corrected chi connectivity index (χ4v) is 5.59. The molecule has 0 fully saturated rings. The van der Waals surface area contributed by atoms with E-state index in [4.69, 9.17) is 0 Å². The summed E-state index contributed by atoms with van der Waals surface area (Å²) in [5.41, 5.74) is 2.86. The first-order valence-corrected chi connectivity index (χ1v) is 10.6. The molecule has 0 amide bonds. The predicted molar refractivity (Wildman–Crippen MR) is 64.9 cm³/mol. The number of halogens is 1. The molecule has 0 aliphatic carbocycles. The molecule has 0 radical (unpaired) electrons. The molecule has 0 aliphatic heterocycles. The summed E-state index contributed by atoms with van der Waals surface area (Å²) >= 11 is 3.06. The van der Waals surface area contributed by atoms with Crippen molar-refractivity contribution < 1.29 is 4.57 Å². The van der Waals surface area contributed by atoms with Crippen LogP contribution in [0.5, 0.6) is 0 Å². The number of rotatable bonds is 3. The fourth-order valence-electron chi connectivity index (χ4n) is 1.65. The second-order valence-corrected chi connectivity index (χ2v) is 6.40. The Morgan fingerprint density at radius 2 is 2.00 bits per heavy atom. The predicted octanol–water partition coefficient (Wildman–Crippen LogP) is 1.11. The van der Waals surface area contributed by atoms with Crippen molar-refractivity contribution in [3.63, 3.8) is 0 Å². The molecule has 2 nitrogen and oxygen atoms in total.